The second-order valence-corrected chi connectivity index (χ2v) is 4.56. The van der Waals surface area contributed by atoms with Crippen LogP contribution in [0.3, 0.4) is 0 Å². The zero-order valence-corrected chi connectivity index (χ0v) is 11.0. The number of rotatable bonds is 2. The van der Waals surface area contributed by atoms with Crippen molar-refractivity contribution < 1.29 is 9.18 Å². The van der Waals surface area contributed by atoms with Crippen LogP contribution in [-0.4, -0.2) is 5.91 Å². The van der Waals surface area contributed by atoms with Crippen LogP contribution in [0.15, 0.2) is 36.4 Å². The van der Waals surface area contributed by atoms with Gasteiger partial charge in [0.1, 0.15) is 5.82 Å². The average Bonchev–Trinajstić information content (AvgIpc) is 2.37. The summed E-state index contributed by atoms with van der Waals surface area (Å²) in [5.74, 6) is -0.825. The lowest BCUT2D eigenvalue weighted by atomic mass is 10.1. The number of nitrogen functional groups attached to an aromatic ring is 1. The number of amides is 1. The third-order valence-electron chi connectivity index (χ3n) is 2.71. The van der Waals surface area contributed by atoms with E-state index >= 15 is 0 Å². The summed E-state index contributed by atoms with van der Waals surface area (Å²) in [5.41, 5.74) is 8.05. The summed E-state index contributed by atoms with van der Waals surface area (Å²) in [6, 6.07) is 8.99. The molecule has 0 atom stereocenters. The lowest BCUT2D eigenvalue weighted by Gasteiger charge is -2.07. The van der Waals surface area contributed by atoms with Crippen LogP contribution < -0.4 is 11.1 Å². The van der Waals surface area contributed by atoms with Crippen molar-refractivity contribution in [3.63, 3.8) is 0 Å². The van der Waals surface area contributed by atoms with Gasteiger partial charge in [0.2, 0.25) is 0 Å². The van der Waals surface area contributed by atoms with Crippen molar-refractivity contribution in [2.45, 2.75) is 6.92 Å². The molecule has 0 heterocycles. The number of aryl methyl sites for hydroxylation is 1. The predicted molar refractivity (Wildman–Crippen MR) is 75.0 cm³/mol. The van der Waals surface area contributed by atoms with Crippen LogP contribution in [0, 0.1) is 12.7 Å². The molecule has 0 fully saturated rings. The molecule has 98 valence electrons. The standard InChI is InChI=1S/C14H12ClFN2O/c1-8-6-9(2-5-13(8)17)14(19)18-10-3-4-12(16)11(15)7-10/h2-7H,17H2,1H3,(H,18,19). The smallest absolute Gasteiger partial charge is 0.255 e. The van der Waals surface area contributed by atoms with Crippen LogP contribution in [0.25, 0.3) is 0 Å². The van der Waals surface area contributed by atoms with Gasteiger partial charge >= 0.3 is 0 Å². The Morgan fingerprint density at radius 2 is 2.00 bits per heavy atom. The molecule has 0 aliphatic carbocycles. The van der Waals surface area contributed by atoms with Gasteiger partial charge in [-0.1, -0.05) is 11.6 Å². The minimum absolute atomic E-state index is 0.0358. The lowest BCUT2D eigenvalue weighted by Crippen LogP contribution is -2.12. The zero-order chi connectivity index (χ0) is 14.0. The van der Waals surface area contributed by atoms with Crippen molar-refractivity contribution in [2.75, 3.05) is 11.1 Å². The third-order valence-corrected chi connectivity index (χ3v) is 3.00. The summed E-state index contributed by atoms with van der Waals surface area (Å²) in [6.07, 6.45) is 0. The van der Waals surface area contributed by atoms with Crippen LogP contribution in [-0.2, 0) is 0 Å². The van der Waals surface area contributed by atoms with Crippen LogP contribution in [0.1, 0.15) is 15.9 Å². The maximum absolute atomic E-state index is 13.0. The van der Waals surface area contributed by atoms with Gasteiger partial charge in [0, 0.05) is 16.9 Å². The van der Waals surface area contributed by atoms with Gasteiger partial charge in [-0.2, -0.15) is 0 Å². The van der Waals surface area contributed by atoms with Gasteiger partial charge in [-0.05, 0) is 48.9 Å². The number of hydrogen-bond donors (Lipinski definition) is 2. The topological polar surface area (TPSA) is 55.1 Å². The SMILES string of the molecule is Cc1cc(C(=O)Nc2ccc(F)c(Cl)c2)ccc1N. The third kappa shape index (κ3) is 3.03. The highest BCUT2D eigenvalue weighted by molar-refractivity contribution is 6.31. The second kappa shape index (κ2) is 5.28. The number of nitrogens with two attached hydrogens (primary N) is 1. The molecule has 0 bridgehead atoms. The second-order valence-electron chi connectivity index (χ2n) is 4.15. The molecule has 2 aromatic rings. The molecule has 0 saturated heterocycles. The monoisotopic (exact) mass is 278 g/mol. The summed E-state index contributed by atoms with van der Waals surface area (Å²) < 4.78 is 13.0. The highest BCUT2D eigenvalue weighted by Gasteiger charge is 2.08. The Balaban J connectivity index is 2.20. The molecule has 1 amide bonds. The molecule has 2 aromatic carbocycles. The molecule has 19 heavy (non-hydrogen) atoms. The zero-order valence-electron chi connectivity index (χ0n) is 10.2. The van der Waals surface area contributed by atoms with Gasteiger partial charge in [-0.25, -0.2) is 4.39 Å². The Labute approximate surface area is 115 Å². The number of anilines is 2. The fraction of sp³-hybridized carbons (Fsp3) is 0.0714. The number of carbonyl (C=O) groups excluding carboxylic acids is 1. The van der Waals surface area contributed by atoms with Crippen molar-refractivity contribution in [2.24, 2.45) is 0 Å². The number of carbonyl (C=O) groups is 1. The Bertz CT molecular complexity index is 643. The fourth-order valence-corrected chi connectivity index (χ4v) is 1.77. The first-order valence-corrected chi connectivity index (χ1v) is 5.97. The van der Waals surface area contributed by atoms with E-state index in [1.54, 1.807) is 18.2 Å². The Kier molecular flexibility index (Phi) is 3.71. The van der Waals surface area contributed by atoms with E-state index in [0.717, 1.165) is 5.56 Å². The Morgan fingerprint density at radius 3 is 2.63 bits per heavy atom. The number of hydrogen-bond acceptors (Lipinski definition) is 2. The van der Waals surface area contributed by atoms with Gasteiger partial charge in [-0.3, -0.25) is 4.79 Å². The summed E-state index contributed by atoms with van der Waals surface area (Å²) in [4.78, 5) is 12.0. The van der Waals surface area contributed by atoms with Crippen LogP contribution in [0.5, 0.6) is 0 Å². The molecule has 3 nitrogen and oxygen atoms in total. The molecule has 0 aliphatic heterocycles. The maximum atomic E-state index is 13.0. The lowest BCUT2D eigenvalue weighted by molar-refractivity contribution is 0.102. The van der Waals surface area contributed by atoms with Crippen LogP contribution in [0.4, 0.5) is 15.8 Å². The molecule has 0 saturated carbocycles. The largest absolute Gasteiger partial charge is 0.399 e. The highest BCUT2D eigenvalue weighted by atomic mass is 35.5. The summed E-state index contributed by atoms with van der Waals surface area (Å²) in [7, 11) is 0. The fourth-order valence-electron chi connectivity index (χ4n) is 1.59. The minimum atomic E-state index is -0.525. The van der Waals surface area contributed by atoms with E-state index in [1.165, 1.54) is 18.2 Å². The molecule has 3 N–H and O–H groups in total. The van der Waals surface area contributed by atoms with Gasteiger partial charge in [-0.15, -0.1) is 0 Å². The highest BCUT2D eigenvalue weighted by Crippen LogP contribution is 2.20. The molecule has 0 aromatic heterocycles. The van der Waals surface area contributed by atoms with Crippen molar-refractivity contribution in [3.8, 4) is 0 Å². The van der Waals surface area contributed by atoms with Crippen molar-refractivity contribution >= 4 is 28.9 Å². The van der Waals surface area contributed by atoms with Gasteiger partial charge in [0.15, 0.2) is 0 Å². The summed E-state index contributed by atoms with van der Waals surface area (Å²) in [5, 5.41) is 2.61. The van der Waals surface area contributed by atoms with E-state index in [-0.39, 0.29) is 10.9 Å². The van der Waals surface area contributed by atoms with Gasteiger partial charge in [0.05, 0.1) is 5.02 Å². The van der Waals surface area contributed by atoms with Gasteiger partial charge < -0.3 is 11.1 Å². The Hall–Kier alpha value is -2.07. The van der Waals surface area contributed by atoms with E-state index in [0.29, 0.717) is 16.9 Å². The van der Waals surface area contributed by atoms with E-state index in [9.17, 15) is 9.18 Å². The molecule has 0 radical (unpaired) electrons. The number of halogens is 2. The van der Waals surface area contributed by atoms with Crippen molar-refractivity contribution in [1.29, 1.82) is 0 Å². The summed E-state index contributed by atoms with van der Waals surface area (Å²) >= 11 is 5.65. The van der Waals surface area contributed by atoms with Crippen molar-refractivity contribution in [3.05, 3.63) is 58.4 Å². The van der Waals surface area contributed by atoms with E-state index in [1.807, 2.05) is 6.92 Å². The number of benzene rings is 2. The minimum Gasteiger partial charge on any atom is -0.399 e. The first-order chi connectivity index (χ1) is 8.97. The van der Waals surface area contributed by atoms with E-state index < -0.39 is 5.82 Å². The van der Waals surface area contributed by atoms with E-state index in [4.69, 9.17) is 17.3 Å². The maximum Gasteiger partial charge on any atom is 0.255 e. The summed E-state index contributed by atoms with van der Waals surface area (Å²) in [6.45, 7) is 1.82. The van der Waals surface area contributed by atoms with Gasteiger partial charge in [0.25, 0.3) is 5.91 Å². The molecular formula is C14H12ClFN2O. The molecular weight excluding hydrogens is 267 g/mol. The van der Waals surface area contributed by atoms with Crippen molar-refractivity contribution in [1.82, 2.24) is 0 Å². The normalized spacial score (nSPS) is 10.3. The van der Waals surface area contributed by atoms with Crippen LogP contribution in [0.2, 0.25) is 5.02 Å². The predicted octanol–water partition coefficient (Wildman–Crippen LogP) is 3.62. The molecule has 2 rings (SSSR count). The molecule has 0 spiro atoms. The Morgan fingerprint density at radius 1 is 1.26 bits per heavy atom. The van der Waals surface area contributed by atoms with E-state index in [2.05, 4.69) is 5.32 Å². The quantitative estimate of drug-likeness (QED) is 0.824. The van der Waals surface area contributed by atoms with Crippen LogP contribution >= 0.6 is 11.6 Å². The number of nitrogens with one attached hydrogen (secondary N) is 1. The molecule has 0 aliphatic rings. The first kappa shape index (κ1) is 13.4. The molecule has 5 heteroatoms. The first-order valence-electron chi connectivity index (χ1n) is 5.60. The average molecular weight is 279 g/mol. The molecule has 0 unspecified atom stereocenters.